The monoisotopic (exact) mass is 356 g/mol. The first-order valence-corrected chi connectivity index (χ1v) is 10.2. The first kappa shape index (κ1) is 19.4. The third-order valence-electron chi connectivity index (χ3n) is 5.57. The van der Waals surface area contributed by atoms with Crippen LogP contribution in [0.3, 0.4) is 0 Å². The lowest BCUT2D eigenvalue weighted by atomic mass is 9.80. The smallest absolute Gasteiger partial charge is 0.00258 e. The standard InChI is InChI=1S/C27H32/c1-5-18-27(3,4)26-16-14-25(15-17-26)20-24-12-10-23(11-13-24)19-22-8-6-21(2)7-9-22/h6-17H,5,18-20H2,1-4H3. The van der Waals surface area contributed by atoms with E-state index in [2.05, 4.69) is 100 Å². The van der Waals surface area contributed by atoms with Crippen LogP contribution >= 0.6 is 0 Å². The van der Waals surface area contributed by atoms with Crippen LogP contribution in [-0.2, 0) is 18.3 Å². The first-order chi connectivity index (χ1) is 13.0. The van der Waals surface area contributed by atoms with Crippen molar-refractivity contribution in [3.05, 3.63) is 106 Å². The van der Waals surface area contributed by atoms with E-state index in [1.807, 2.05) is 0 Å². The fraction of sp³-hybridized carbons (Fsp3) is 0.333. The van der Waals surface area contributed by atoms with Gasteiger partial charge in [-0.1, -0.05) is 106 Å². The summed E-state index contributed by atoms with van der Waals surface area (Å²) in [6, 6.07) is 27.2. The molecule has 0 unspecified atom stereocenters. The Bertz CT molecular complexity index is 834. The van der Waals surface area contributed by atoms with Crippen LogP contribution in [0.25, 0.3) is 0 Å². The van der Waals surface area contributed by atoms with Crippen molar-refractivity contribution in [2.75, 3.05) is 0 Å². The van der Waals surface area contributed by atoms with E-state index >= 15 is 0 Å². The van der Waals surface area contributed by atoms with E-state index in [0.717, 1.165) is 12.8 Å². The minimum atomic E-state index is 0.269. The highest BCUT2D eigenvalue weighted by molar-refractivity contribution is 5.34. The van der Waals surface area contributed by atoms with Gasteiger partial charge in [-0.25, -0.2) is 0 Å². The molecule has 0 aromatic heterocycles. The maximum absolute atomic E-state index is 2.35. The van der Waals surface area contributed by atoms with E-state index in [4.69, 9.17) is 0 Å². The van der Waals surface area contributed by atoms with Crippen molar-refractivity contribution in [3.63, 3.8) is 0 Å². The topological polar surface area (TPSA) is 0 Å². The highest BCUT2D eigenvalue weighted by atomic mass is 14.2. The Balaban J connectivity index is 1.63. The molecule has 0 N–H and O–H groups in total. The largest absolute Gasteiger partial charge is 0.0654 e. The number of benzene rings is 3. The molecule has 3 aromatic rings. The highest BCUT2D eigenvalue weighted by Gasteiger charge is 2.18. The van der Waals surface area contributed by atoms with Gasteiger partial charge in [0.2, 0.25) is 0 Å². The van der Waals surface area contributed by atoms with Crippen molar-refractivity contribution in [1.29, 1.82) is 0 Å². The van der Waals surface area contributed by atoms with Crippen LogP contribution in [0.4, 0.5) is 0 Å². The van der Waals surface area contributed by atoms with Crippen LogP contribution in [-0.4, -0.2) is 0 Å². The van der Waals surface area contributed by atoms with Crippen LogP contribution in [0.1, 0.15) is 67.0 Å². The molecule has 3 rings (SSSR count). The number of hydrogen-bond acceptors (Lipinski definition) is 0. The molecule has 0 radical (unpaired) electrons. The van der Waals surface area contributed by atoms with Crippen LogP contribution in [0.15, 0.2) is 72.8 Å². The Morgan fingerprint density at radius 1 is 0.593 bits per heavy atom. The lowest BCUT2D eigenvalue weighted by molar-refractivity contribution is 0.473. The average molecular weight is 357 g/mol. The molecule has 0 saturated heterocycles. The summed E-state index contributed by atoms with van der Waals surface area (Å²) < 4.78 is 0. The van der Waals surface area contributed by atoms with Crippen LogP contribution in [0.5, 0.6) is 0 Å². The first-order valence-electron chi connectivity index (χ1n) is 10.2. The Hall–Kier alpha value is -2.34. The molecule has 0 nitrogen and oxygen atoms in total. The second-order valence-corrected chi connectivity index (χ2v) is 8.49. The van der Waals surface area contributed by atoms with Gasteiger partial charge in [0.25, 0.3) is 0 Å². The van der Waals surface area contributed by atoms with Gasteiger partial charge < -0.3 is 0 Å². The average Bonchev–Trinajstić information content (AvgIpc) is 2.66. The normalized spacial score (nSPS) is 11.6. The molecule has 0 aliphatic heterocycles. The van der Waals surface area contributed by atoms with Crippen molar-refractivity contribution in [2.24, 2.45) is 0 Å². The molecule has 0 aliphatic rings. The Kier molecular flexibility index (Phi) is 6.16. The predicted octanol–water partition coefficient (Wildman–Crippen LogP) is 7.25. The summed E-state index contributed by atoms with van der Waals surface area (Å²) in [7, 11) is 0. The highest BCUT2D eigenvalue weighted by Crippen LogP contribution is 2.28. The zero-order chi connectivity index (χ0) is 19.3. The van der Waals surface area contributed by atoms with Crippen molar-refractivity contribution in [3.8, 4) is 0 Å². The summed E-state index contributed by atoms with van der Waals surface area (Å²) in [6.45, 7) is 9.09. The summed E-state index contributed by atoms with van der Waals surface area (Å²) >= 11 is 0. The van der Waals surface area contributed by atoms with Crippen LogP contribution < -0.4 is 0 Å². The summed E-state index contributed by atoms with van der Waals surface area (Å²) in [4.78, 5) is 0. The fourth-order valence-corrected chi connectivity index (χ4v) is 3.80. The van der Waals surface area contributed by atoms with Gasteiger partial charge in [0, 0.05) is 0 Å². The van der Waals surface area contributed by atoms with E-state index in [9.17, 15) is 0 Å². The second-order valence-electron chi connectivity index (χ2n) is 8.49. The molecule has 0 bridgehead atoms. The molecular formula is C27H32. The van der Waals surface area contributed by atoms with E-state index < -0.39 is 0 Å². The molecule has 0 fully saturated rings. The van der Waals surface area contributed by atoms with Crippen molar-refractivity contribution < 1.29 is 0 Å². The molecule has 0 spiro atoms. The maximum Gasteiger partial charge on any atom is -0.00258 e. The molecular weight excluding hydrogens is 324 g/mol. The lowest BCUT2D eigenvalue weighted by Gasteiger charge is -2.24. The molecule has 3 aromatic carbocycles. The van der Waals surface area contributed by atoms with E-state index in [1.165, 1.54) is 46.2 Å². The number of hydrogen-bond donors (Lipinski definition) is 0. The van der Waals surface area contributed by atoms with Gasteiger partial charge in [-0.05, 0) is 59.4 Å². The number of aryl methyl sites for hydroxylation is 1. The summed E-state index contributed by atoms with van der Waals surface area (Å²) in [5, 5.41) is 0. The van der Waals surface area contributed by atoms with Gasteiger partial charge >= 0.3 is 0 Å². The molecule has 0 saturated carbocycles. The van der Waals surface area contributed by atoms with Crippen molar-refractivity contribution in [1.82, 2.24) is 0 Å². The number of rotatable bonds is 7. The second kappa shape index (κ2) is 8.57. The Morgan fingerprint density at radius 2 is 0.963 bits per heavy atom. The zero-order valence-corrected chi connectivity index (χ0v) is 17.3. The quantitative estimate of drug-likeness (QED) is 0.418. The molecule has 140 valence electrons. The van der Waals surface area contributed by atoms with E-state index in [1.54, 1.807) is 0 Å². The van der Waals surface area contributed by atoms with Crippen LogP contribution in [0.2, 0.25) is 0 Å². The van der Waals surface area contributed by atoms with Gasteiger partial charge in [0.15, 0.2) is 0 Å². The molecule has 0 amide bonds. The fourth-order valence-electron chi connectivity index (χ4n) is 3.80. The summed E-state index contributed by atoms with van der Waals surface area (Å²) in [5.41, 5.74) is 8.54. The van der Waals surface area contributed by atoms with Gasteiger partial charge in [-0.2, -0.15) is 0 Å². The van der Waals surface area contributed by atoms with Gasteiger partial charge in [-0.3, -0.25) is 0 Å². The summed E-state index contributed by atoms with van der Waals surface area (Å²) in [6.07, 6.45) is 4.46. The van der Waals surface area contributed by atoms with Gasteiger partial charge in [0.1, 0.15) is 0 Å². The Labute approximate surface area is 165 Å². The van der Waals surface area contributed by atoms with Gasteiger partial charge in [0.05, 0.1) is 0 Å². The third kappa shape index (κ3) is 5.32. The minimum Gasteiger partial charge on any atom is -0.0654 e. The third-order valence-corrected chi connectivity index (χ3v) is 5.57. The molecule has 27 heavy (non-hydrogen) atoms. The van der Waals surface area contributed by atoms with E-state index in [-0.39, 0.29) is 5.41 Å². The predicted molar refractivity (Wildman–Crippen MR) is 118 cm³/mol. The Morgan fingerprint density at radius 3 is 1.37 bits per heavy atom. The summed E-state index contributed by atoms with van der Waals surface area (Å²) in [5.74, 6) is 0. The molecule has 0 aliphatic carbocycles. The lowest BCUT2D eigenvalue weighted by Crippen LogP contribution is -2.16. The van der Waals surface area contributed by atoms with Crippen molar-refractivity contribution >= 4 is 0 Å². The maximum atomic E-state index is 2.35. The minimum absolute atomic E-state index is 0.269. The van der Waals surface area contributed by atoms with Gasteiger partial charge in [-0.15, -0.1) is 0 Å². The van der Waals surface area contributed by atoms with Crippen molar-refractivity contribution in [2.45, 2.75) is 58.8 Å². The van der Waals surface area contributed by atoms with Crippen LogP contribution in [0, 0.1) is 6.92 Å². The molecule has 0 heteroatoms. The molecule has 0 heterocycles. The van der Waals surface area contributed by atoms with E-state index in [0.29, 0.717) is 0 Å². The SMILES string of the molecule is CCCC(C)(C)c1ccc(Cc2ccc(Cc3ccc(C)cc3)cc2)cc1. The zero-order valence-electron chi connectivity index (χ0n) is 17.3. The molecule has 0 atom stereocenters.